The number of aliphatic carboxylic acids is 1. The Balaban J connectivity index is 1.67. The van der Waals surface area contributed by atoms with Crippen LogP contribution in [-0.4, -0.2) is 54.2 Å². The molecule has 120 valence electrons. The molecule has 2 amide bonds. The molecule has 0 atom stereocenters. The van der Waals surface area contributed by atoms with Crippen molar-refractivity contribution in [1.29, 1.82) is 0 Å². The molecule has 0 aromatic rings. The highest BCUT2D eigenvalue weighted by molar-refractivity contribution is 5.79. The molecule has 0 aromatic carbocycles. The smallest absolute Gasteiger partial charge is 0.315 e. The Morgan fingerprint density at radius 1 is 1.29 bits per heavy atom. The van der Waals surface area contributed by atoms with Crippen molar-refractivity contribution >= 4 is 12.0 Å². The molecule has 1 aliphatic heterocycles. The van der Waals surface area contributed by atoms with Crippen molar-refractivity contribution in [2.24, 2.45) is 5.41 Å². The molecule has 0 bridgehead atoms. The quantitative estimate of drug-likeness (QED) is 0.692. The molecule has 1 heterocycles. The lowest BCUT2D eigenvalue weighted by molar-refractivity contribution is -0.153. The third-order valence-corrected chi connectivity index (χ3v) is 4.81. The molecule has 0 unspecified atom stereocenters. The largest absolute Gasteiger partial charge is 0.481 e. The van der Waals surface area contributed by atoms with Crippen molar-refractivity contribution < 1.29 is 14.7 Å². The lowest BCUT2D eigenvalue weighted by atomic mass is 9.69. The number of urea groups is 1. The van der Waals surface area contributed by atoms with E-state index in [1.165, 1.54) is 0 Å². The van der Waals surface area contributed by atoms with Crippen molar-refractivity contribution in [3.05, 3.63) is 0 Å². The van der Waals surface area contributed by atoms with Crippen LogP contribution in [0.5, 0.6) is 0 Å². The number of hydrogen-bond acceptors (Lipinski definition) is 3. The predicted molar refractivity (Wildman–Crippen MR) is 80.2 cm³/mol. The van der Waals surface area contributed by atoms with Gasteiger partial charge >= 0.3 is 12.0 Å². The molecule has 2 aliphatic rings. The second-order valence-corrected chi connectivity index (χ2v) is 6.38. The van der Waals surface area contributed by atoms with Crippen LogP contribution in [-0.2, 0) is 4.79 Å². The Labute approximate surface area is 126 Å². The number of nitrogens with one attached hydrogen (secondary N) is 2. The minimum absolute atomic E-state index is 0.209. The van der Waals surface area contributed by atoms with E-state index < -0.39 is 11.4 Å². The van der Waals surface area contributed by atoms with Crippen molar-refractivity contribution in [3.63, 3.8) is 0 Å². The summed E-state index contributed by atoms with van der Waals surface area (Å²) in [5.41, 5.74) is -0.720. The molecule has 2 fully saturated rings. The van der Waals surface area contributed by atoms with Crippen LogP contribution >= 0.6 is 0 Å². The van der Waals surface area contributed by atoms with Crippen LogP contribution in [0.2, 0.25) is 0 Å². The topological polar surface area (TPSA) is 81.7 Å². The van der Waals surface area contributed by atoms with Crippen molar-refractivity contribution in [1.82, 2.24) is 15.5 Å². The van der Waals surface area contributed by atoms with E-state index in [9.17, 15) is 14.7 Å². The maximum atomic E-state index is 11.9. The van der Waals surface area contributed by atoms with Gasteiger partial charge in [-0.1, -0.05) is 13.3 Å². The zero-order valence-electron chi connectivity index (χ0n) is 12.9. The fourth-order valence-electron chi connectivity index (χ4n) is 3.17. The van der Waals surface area contributed by atoms with E-state index in [4.69, 9.17) is 0 Å². The normalized spacial score (nSPS) is 22.3. The Morgan fingerprint density at radius 2 is 1.95 bits per heavy atom. The molecule has 6 heteroatoms. The Kier molecular flexibility index (Phi) is 5.45. The number of carboxylic acid groups (broad SMARTS) is 1. The number of nitrogens with zero attached hydrogens (tertiary/aromatic N) is 1. The van der Waals surface area contributed by atoms with E-state index >= 15 is 0 Å². The van der Waals surface area contributed by atoms with E-state index in [-0.39, 0.29) is 18.6 Å². The molecule has 0 aromatic heterocycles. The number of likely N-dealkylation sites (tertiary alicyclic amines) is 1. The molecule has 21 heavy (non-hydrogen) atoms. The van der Waals surface area contributed by atoms with Gasteiger partial charge in [-0.05, 0) is 38.6 Å². The van der Waals surface area contributed by atoms with Gasteiger partial charge < -0.3 is 20.6 Å². The molecule has 1 saturated carbocycles. The summed E-state index contributed by atoms with van der Waals surface area (Å²) >= 11 is 0. The van der Waals surface area contributed by atoms with Crippen LogP contribution in [0.3, 0.4) is 0 Å². The molecular weight excluding hydrogens is 270 g/mol. The highest BCUT2D eigenvalue weighted by Crippen LogP contribution is 2.40. The van der Waals surface area contributed by atoms with Gasteiger partial charge in [0, 0.05) is 25.7 Å². The first kappa shape index (κ1) is 16.1. The predicted octanol–water partition coefficient (Wildman–Crippen LogP) is 1.41. The number of amides is 2. The molecule has 0 spiro atoms. The summed E-state index contributed by atoms with van der Waals surface area (Å²) in [7, 11) is 0. The zero-order valence-corrected chi connectivity index (χ0v) is 12.9. The van der Waals surface area contributed by atoms with Crippen molar-refractivity contribution in [3.8, 4) is 0 Å². The average molecular weight is 297 g/mol. The van der Waals surface area contributed by atoms with Crippen LogP contribution < -0.4 is 10.6 Å². The van der Waals surface area contributed by atoms with Gasteiger partial charge in [-0.2, -0.15) is 0 Å². The van der Waals surface area contributed by atoms with Gasteiger partial charge in [0.25, 0.3) is 0 Å². The van der Waals surface area contributed by atoms with Crippen LogP contribution in [0.4, 0.5) is 4.79 Å². The van der Waals surface area contributed by atoms with Gasteiger partial charge in [0.2, 0.25) is 0 Å². The maximum Gasteiger partial charge on any atom is 0.315 e. The van der Waals surface area contributed by atoms with Gasteiger partial charge in [0.1, 0.15) is 0 Å². The molecule has 6 nitrogen and oxygen atoms in total. The lowest BCUT2D eigenvalue weighted by Crippen LogP contribution is -2.52. The lowest BCUT2D eigenvalue weighted by Gasteiger charge is -2.38. The van der Waals surface area contributed by atoms with Crippen molar-refractivity contribution in [2.45, 2.75) is 51.5 Å². The minimum Gasteiger partial charge on any atom is -0.481 e. The summed E-state index contributed by atoms with van der Waals surface area (Å²) in [5.74, 6) is -0.790. The van der Waals surface area contributed by atoms with Crippen LogP contribution in [0.15, 0.2) is 0 Å². The number of hydrogen-bond donors (Lipinski definition) is 3. The Bertz CT molecular complexity index is 374. The van der Waals surface area contributed by atoms with Gasteiger partial charge in [-0.25, -0.2) is 4.79 Å². The van der Waals surface area contributed by atoms with Gasteiger partial charge in [0.15, 0.2) is 0 Å². The highest BCUT2D eigenvalue weighted by atomic mass is 16.4. The Morgan fingerprint density at radius 3 is 2.43 bits per heavy atom. The first-order chi connectivity index (χ1) is 10.1. The van der Waals surface area contributed by atoms with E-state index in [1.54, 1.807) is 0 Å². The van der Waals surface area contributed by atoms with E-state index in [2.05, 4.69) is 22.5 Å². The standard InChI is InChI=1S/C15H27N3O3/c1-2-8-18-9-4-12(5-10-18)17-14(21)16-11-15(13(19)20)6-3-7-15/h12H,2-11H2,1H3,(H,19,20)(H2,16,17,21). The first-order valence-corrected chi connectivity index (χ1v) is 8.06. The van der Waals surface area contributed by atoms with E-state index in [1.807, 2.05) is 0 Å². The summed E-state index contributed by atoms with van der Waals surface area (Å²) in [6, 6.07) is -0.0169. The number of carbonyl (C=O) groups excluding carboxylic acids is 1. The Hall–Kier alpha value is -1.30. The second-order valence-electron chi connectivity index (χ2n) is 6.38. The molecule has 1 saturated heterocycles. The summed E-state index contributed by atoms with van der Waals surface area (Å²) in [5, 5.41) is 14.9. The third-order valence-electron chi connectivity index (χ3n) is 4.81. The number of carbonyl (C=O) groups is 2. The maximum absolute atomic E-state index is 11.9. The number of carboxylic acids is 1. The van der Waals surface area contributed by atoms with Crippen molar-refractivity contribution in [2.75, 3.05) is 26.2 Å². The summed E-state index contributed by atoms with van der Waals surface area (Å²) < 4.78 is 0. The zero-order chi connectivity index (χ0) is 15.3. The number of rotatable bonds is 6. The average Bonchev–Trinajstić information content (AvgIpc) is 2.39. The molecule has 1 aliphatic carbocycles. The summed E-state index contributed by atoms with van der Waals surface area (Å²) in [6.07, 6.45) is 5.37. The fourth-order valence-corrected chi connectivity index (χ4v) is 3.17. The summed E-state index contributed by atoms with van der Waals surface area (Å²) in [4.78, 5) is 25.5. The van der Waals surface area contributed by atoms with Crippen LogP contribution in [0, 0.1) is 5.41 Å². The third kappa shape index (κ3) is 4.09. The molecular formula is C15H27N3O3. The molecule has 2 rings (SSSR count). The fraction of sp³-hybridized carbons (Fsp3) is 0.867. The highest BCUT2D eigenvalue weighted by Gasteiger charge is 2.44. The van der Waals surface area contributed by atoms with Gasteiger partial charge in [-0.15, -0.1) is 0 Å². The summed E-state index contributed by atoms with van der Waals surface area (Å²) in [6.45, 7) is 5.59. The SMILES string of the molecule is CCCN1CCC(NC(=O)NCC2(C(=O)O)CCC2)CC1. The minimum atomic E-state index is -0.790. The molecule has 0 radical (unpaired) electrons. The van der Waals surface area contributed by atoms with Crippen LogP contribution in [0.1, 0.15) is 45.4 Å². The monoisotopic (exact) mass is 297 g/mol. The van der Waals surface area contributed by atoms with Gasteiger partial charge in [-0.3, -0.25) is 4.79 Å². The van der Waals surface area contributed by atoms with Crippen LogP contribution in [0.25, 0.3) is 0 Å². The van der Waals surface area contributed by atoms with E-state index in [0.29, 0.717) is 12.8 Å². The molecule has 3 N–H and O–H groups in total. The second kappa shape index (κ2) is 7.11. The number of piperidine rings is 1. The van der Waals surface area contributed by atoms with E-state index in [0.717, 1.165) is 45.3 Å². The van der Waals surface area contributed by atoms with Gasteiger partial charge in [0.05, 0.1) is 5.41 Å². The first-order valence-electron chi connectivity index (χ1n) is 8.06.